The van der Waals surface area contributed by atoms with Crippen LogP contribution in [0.2, 0.25) is 0 Å². The molecule has 1 unspecified atom stereocenters. The Bertz CT molecular complexity index is 373. The fraction of sp³-hybridized carbons (Fsp3) is 0.308. The molecule has 1 atom stereocenters. The Balaban J connectivity index is 3.04. The second-order valence-electron chi connectivity index (χ2n) is 3.99. The smallest absolute Gasteiger partial charge is 0.328 e. The number of carboxylic acids is 1. The van der Waals surface area contributed by atoms with Gasteiger partial charge in [-0.15, -0.1) is 6.58 Å². The molecule has 86 valence electrons. The molecule has 16 heavy (non-hydrogen) atoms. The van der Waals surface area contributed by atoms with E-state index >= 15 is 0 Å². The predicted molar refractivity (Wildman–Crippen MR) is 64.4 cm³/mol. The molecule has 0 aliphatic carbocycles. The first kappa shape index (κ1) is 12.5. The van der Waals surface area contributed by atoms with E-state index in [4.69, 9.17) is 0 Å². The Kier molecular flexibility index (Phi) is 3.85. The van der Waals surface area contributed by atoms with Crippen LogP contribution in [0.3, 0.4) is 0 Å². The van der Waals surface area contributed by atoms with Gasteiger partial charge in [-0.3, -0.25) is 4.90 Å². The van der Waals surface area contributed by atoms with Gasteiger partial charge in [0.15, 0.2) is 0 Å². The third kappa shape index (κ3) is 2.31. The average molecular weight is 219 g/mol. The second-order valence-corrected chi connectivity index (χ2v) is 3.99. The molecule has 0 spiro atoms. The highest BCUT2D eigenvalue weighted by molar-refractivity contribution is 5.81. The van der Waals surface area contributed by atoms with Crippen LogP contribution in [0, 0.1) is 0 Å². The first-order chi connectivity index (χ1) is 7.53. The van der Waals surface area contributed by atoms with Gasteiger partial charge in [0.25, 0.3) is 0 Å². The molecule has 1 aromatic carbocycles. The quantitative estimate of drug-likeness (QED) is 0.768. The van der Waals surface area contributed by atoms with Crippen molar-refractivity contribution in [3.63, 3.8) is 0 Å². The van der Waals surface area contributed by atoms with Gasteiger partial charge < -0.3 is 5.11 Å². The SMILES string of the molecule is C=CC(Cc1ccccc1)(C(=O)O)N(C)C. The van der Waals surface area contributed by atoms with E-state index in [1.807, 2.05) is 30.3 Å². The molecule has 0 amide bonds. The molecule has 0 aromatic heterocycles. The molecule has 0 fully saturated rings. The van der Waals surface area contributed by atoms with Gasteiger partial charge in [-0.05, 0) is 19.7 Å². The van der Waals surface area contributed by atoms with Crippen LogP contribution in [0.5, 0.6) is 0 Å². The largest absolute Gasteiger partial charge is 0.480 e. The van der Waals surface area contributed by atoms with Crippen molar-refractivity contribution in [1.29, 1.82) is 0 Å². The van der Waals surface area contributed by atoms with E-state index in [2.05, 4.69) is 6.58 Å². The molecule has 3 nitrogen and oxygen atoms in total. The van der Waals surface area contributed by atoms with Crippen molar-refractivity contribution in [2.75, 3.05) is 14.1 Å². The van der Waals surface area contributed by atoms with E-state index in [9.17, 15) is 9.90 Å². The topological polar surface area (TPSA) is 40.5 Å². The zero-order valence-electron chi connectivity index (χ0n) is 9.68. The van der Waals surface area contributed by atoms with Crippen molar-refractivity contribution < 1.29 is 9.90 Å². The Hall–Kier alpha value is -1.61. The zero-order valence-corrected chi connectivity index (χ0v) is 9.68. The van der Waals surface area contributed by atoms with E-state index in [1.165, 1.54) is 6.08 Å². The van der Waals surface area contributed by atoms with Crippen LogP contribution in [0.1, 0.15) is 5.56 Å². The van der Waals surface area contributed by atoms with Gasteiger partial charge in [-0.25, -0.2) is 4.79 Å². The van der Waals surface area contributed by atoms with Crippen LogP contribution in [-0.4, -0.2) is 35.6 Å². The summed E-state index contributed by atoms with van der Waals surface area (Å²) in [6.45, 7) is 3.65. The lowest BCUT2D eigenvalue weighted by Gasteiger charge is -2.33. The Morgan fingerprint density at radius 3 is 2.38 bits per heavy atom. The standard InChI is InChI=1S/C13H17NO2/c1-4-13(12(15)16,14(2)3)10-11-8-6-5-7-9-11/h4-9H,1,10H2,2-3H3,(H,15,16). The van der Waals surface area contributed by atoms with Crippen LogP contribution in [0.25, 0.3) is 0 Å². The molecule has 0 aliphatic heterocycles. The summed E-state index contributed by atoms with van der Waals surface area (Å²) in [7, 11) is 3.50. The molecule has 3 heteroatoms. The summed E-state index contributed by atoms with van der Waals surface area (Å²) in [4.78, 5) is 13.1. The second kappa shape index (κ2) is 4.94. The van der Waals surface area contributed by atoms with Gasteiger partial charge in [0, 0.05) is 6.42 Å². The molecule has 0 saturated carbocycles. The van der Waals surface area contributed by atoms with Crippen molar-refractivity contribution in [2.45, 2.75) is 12.0 Å². The van der Waals surface area contributed by atoms with Crippen molar-refractivity contribution in [1.82, 2.24) is 4.90 Å². The predicted octanol–water partition coefficient (Wildman–Crippen LogP) is 1.80. The minimum absolute atomic E-state index is 0.416. The minimum atomic E-state index is -1.04. The van der Waals surface area contributed by atoms with Crippen molar-refractivity contribution in [3.8, 4) is 0 Å². The monoisotopic (exact) mass is 219 g/mol. The number of likely N-dealkylation sites (N-methyl/N-ethyl adjacent to an activating group) is 1. The summed E-state index contributed by atoms with van der Waals surface area (Å²) in [6, 6.07) is 9.56. The molecule has 0 aliphatic rings. The van der Waals surface area contributed by atoms with Gasteiger partial charge in [0.1, 0.15) is 5.54 Å². The fourth-order valence-corrected chi connectivity index (χ4v) is 1.67. The summed E-state index contributed by atoms with van der Waals surface area (Å²) in [6.07, 6.45) is 1.90. The third-order valence-corrected chi connectivity index (χ3v) is 2.82. The molecule has 1 rings (SSSR count). The van der Waals surface area contributed by atoms with Gasteiger partial charge in [-0.1, -0.05) is 36.4 Å². The molecular formula is C13H17NO2. The lowest BCUT2D eigenvalue weighted by atomic mass is 9.89. The van der Waals surface area contributed by atoms with E-state index < -0.39 is 11.5 Å². The molecule has 0 bridgehead atoms. The van der Waals surface area contributed by atoms with Crippen LogP contribution in [-0.2, 0) is 11.2 Å². The van der Waals surface area contributed by atoms with Gasteiger partial charge >= 0.3 is 5.97 Å². The number of aliphatic carboxylic acids is 1. The average Bonchev–Trinajstić information content (AvgIpc) is 2.26. The maximum atomic E-state index is 11.4. The Morgan fingerprint density at radius 1 is 1.44 bits per heavy atom. The lowest BCUT2D eigenvalue weighted by molar-refractivity contribution is -0.146. The maximum absolute atomic E-state index is 11.4. The first-order valence-electron chi connectivity index (χ1n) is 5.11. The highest BCUT2D eigenvalue weighted by Gasteiger charge is 2.37. The molecule has 0 heterocycles. The maximum Gasteiger partial charge on any atom is 0.328 e. The Labute approximate surface area is 96.0 Å². The fourth-order valence-electron chi connectivity index (χ4n) is 1.67. The number of nitrogens with zero attached hydrogens (tertiary/aromatic N) is 1. The summed E-state index contributed by atoms with van der Waals surface area (Å²) in [5.41, 5.74) is -0.0556. The van der Waals surface area contributed by atoms with E-state index in [1.54, 1.807) is 19.0 Å². The van der Waals surface area contributed by atoms with Crippen LogP contribution < -0.4 is 0 Å². The first-order valence-corrected chi connectivity index (χ1v) is 5.11. The van der Waals surface area contributed by atoms with Crippen molar-refractivity contribution in [3.05, 3.63) is 48.6 Å². The number of hydrogen-bond donors (Lipinski definition) is 1. The highest BCUT2D eigenvalue weighted by atomic mass is 16.4. The Morgan fingerprint density at radius 2 is 2.00 bits per heavy atom. The number of benzene rings is 1. The number of carboxylic acid groups (broad SMARTS) is 1. The third-order valence-electron chi connectivity index (χ3n) is 2.82. The highest BCUT2D eigenvalue weighted by Crippen LogP contribution is 2.20. The number of carbonyl (C=O) groups is 1. The summed E-state index contributed by atoms with van der Waals surface area (Å²) < 4.78 is 0. The minimum Gasteiger partial charge on any atom is -0.480 e. The van der Waals surface area contributed by atoms with Crippen LogP contribution >= 0.6 is 0 Å². The molecule has 1 aromatic rings. The summed E-state index contributed by atoms with van der Waals surface area (Å²) in [5, 5.41) is 9.34. The van der Waals surface area contributed by atoms with Gasteiger partial charge in [0.05, 0.1) is 0 Å². The zero-order chi connectivity index (χ0) is 12.2. The molecule has 0 radical (unpaired) electrons. The number of rotatable bonds is 5. The summed E-state index contributed by atoms with van der Waals surface area (Å²) in [5.74, 6) is -0.878. The van der Waals surface area contributed by atoms with E-state index in [-0.39, 0.29) is 0 Å². The normalized spacial score (nSPS) is 14.4. The van der Waals surface area contributed by atoms with E-state index in [0.717, 1.165) is 5.56 Å². The van der Waals surface area contributed by atoms with Crippen LogP contribution in [0.4, 0.5) is 0 Å². The van der Waals surface area contributed by atoms with E-state index in [0.29, 0.717) is 6.42 Å². The van der Waals surface area contributed by atoms with Gasteiger partial charge in [0.2, 0.25) is 0 Å². The van der Waals surface area contributed by atoms with Crippen molar-refractivity contribution >= 4 is 5.97 Å². The molecular weight excluding hydrogens is 202 g/mol. The van der Waals surface area contributed by atoms with Gasteiger partial charge in [-0.2, -0.15) is 0 Å². The molecule has 0 saturated heterocycles. The van der Waals surface area contributed by atoms with Crippen molar-refractivity contribution in [2.24, 2.45) is 0 Å². The molecule has 1 N–H and O–H groups in total. The lowest BCUT2D eigenvalue weighted by Crippen LogP contribution is -2.51. The number of hydrogen-bond acceptors (Lipinski definition) is 2. The summed E-state index contributed by atoms with van der Waals surface area (Å²) >= 11 is 0. The van der Waals surface area contributed by atoms with Crippen LogP contribution in [0.15, 0.2) is 43.0 Å².